The van der Waals surface area contributed by atoms with E-state index in [4.69, 9.17) is 5.73 Å². The minimum Gasteiger partial charge on any atom is -0.351 e. The summed E-state index contributed by atoms with van der Waals surface area (Å²) >= 11 is 3.00. The molecule has 2 heterocycles. The molecule has 0 bridgehead atoms. The molecule has 1 aliphatic rings. The summed E-state index contributed by atoms with van der Waals surface area (Å²) in [4.78, 5) is 25.0. The van der Waals surface area contributed by atoms with Crippen LogP contribution in [0.3, 0.4) is 0 Å². The molecule has 2 aromatic heterocycles. The molecule has 3 amide bonds. The van der Waals surface area contributed by atoms with Gasteiger partial charge in [0.25, 0.3) is 0 Å². The first kappa shape index (κ1) is 19.6. The SMILES string of the molecule is C=CCn1c(SCC(=O)NC(N)=O)nnc1-c1cc2c(s1)CC[C@H](CC)C2. The van der Waals surface area contributed by atoms with Gasteiger partial charge >= 0.3 is 6.03 Å². The molecule has 144 valence electrons. The Morgan fingerprint density at radius 1 is 1.52 bits per heavy atom. The number of thiophene rings is 1. The molecular weight excluding hydrogens is 382 g/mol. The Bertz CT molecular complexity index is 858. The zero-order valence-corrected chi connectivity index (χ0v) is 16.9. The number of rotatable bonds is 7. The number of nitrogens with zero attached hydrogens (tertiary/aromatic N) is 3. The van der Waals surface area contributed by atoms with Gasteiger partial charge in [0, 0.05) is 11.4 Å². The summed E-state index contributed by atoms with van der Waals surface area (Å²) in [6, 6.07) is 1.38. The summed E-state index contributed by atoms with van der Waals surface area (Å²) < 4.78 is 1.95. The Hall–Kier alpha value is -2.13. The highest BCUT2D eigenvalue weighted by molar-refractivity contribution is 7.99. The summed E-state index contributed by atoms with van der Waals surface area (Å²) in [5, 5.41) is 11.3. The van der Waals surface area contributed by atoms with Crippen LogP contribution in [0.4, 0.5) is 4.79 Å². The van der Waals surface area contributed by atoms with Crippen molar-refractivity contribution >= 4 is 35.0 Å². The number of urea groups is 1. The van der Waals surface area contributed by atoms with Crippen LogP contribution in [0.2, 0.25) is 0 Å². The van der Waals surface area contributed by atoms with Gasteiger partial charge in [-0.15, -0.1) is 28.1 Å². The van der Waals surface area contributed by atoms with Crippen molar-refractivity contribution < 1.29 is 9.59 Å². The molecule has 0 fully saturated rings. The first-order valence-electron chi connectivity index (χ1n) is 8.89. The standard InChI is InChI=1S/C18H23N5O2S2/c1-3-7-23-16(21-22-18(23)26-10-15(24)20-17(19)25)14-9-12-8-11(4-2)5-6-13(12)27-14/h3,9,11H,1,4-8,10H2,2H3,(H3,19,20,24,25)/t11-/m0/s1. The van der Waals surface area contributed by atoms with E-state index in [0.29, 0.717) is 11.7 Å². The molecule has 7 nitrogen and oxygen atoms in total. The van der Waals surface area contributed by atoms with Gasteiger partial charge in [-0.2, -0.15) is 0 Å². The molecule has 0 saturated heterocycles. The third-order valence-corrected chi connectivity index (χ3v) is 6.81. The number of imide groups is 1. The van der Waals surface area contributed by atoms with Crippen LogP contribution in [-0.2, 0) is 24.2 Å². The van der Waals surface area contributed by atoms with Gasteiger partial charge in [0.05, 0.1) is 10.6 Å². The second-order valence-corrected chi connectivity index (χ2v) is 8.56. The van der Waals surface area contributed by atoms with Crippen molar-refractivity contribution in [3.63, 3.8) is 0 Å². The lowest BCUT2D eigenvalue weighted by Crippen LogP contribution is -2.36. The molecule has 0 aromatic carbocycles. The Balaban J connectivity index is 1.81. The highest BCUT2D eigenvalue weighted by Gasteiger charge is 2.23. The van der Waals surface area contributed by atoms with Crippen LogP contribution in [0.15, 0.2) is 23.9 Å². The number of primary amides is 1. The van der Waals surface area contributed by atoms with Crippen molar-refractivity contribution in [1.82, 2.24) is 20.1 Å². The van der Waals surface area contributed by atoms with Crippen LogP contribution in [0, 0.1) is 5.92 Å². The topological polar surface area (TPSA) is 103 Å². The summed E-state index contributed by atoms with van der Waals surface area (Å²) in [6.07, 6.45) is 6.50. The number of aryl methyl sites for hydroxylation is 1. The average molecular weight is 406 g/mol. The number of carbonyl (C=O) groups excluding carboxylic acids is 2. The molecule has 0 aliphatic heterocycles. The number of carbonyl (C=O) groups is 2. The van der Waals surface area contributed by atoms with E-state index in [-0.39, 0.29) is 5.75 Å². The Labute approximate surface area is 166 Å². The number of nitrogens with two attached hydrogens (primary N) is 1. The van der Waals surface area contributed by atoms with E-state index < -0.39 is 11.9 Å². The summed E-state index contributed by atoms with van der Waals surface area (Å²) in [5.41, 5.74) is 6.39. The molecule has 3 rings (SSSR count). The monoisotopic (exact) mass is 405 g/mol. The fourth-order valence-corrected chi connectivity index (χ4v) is 5.18. The van der Waals surface area contributed by atoms with Crippen LogP contribution < -0.4 is 11.1 Å². The lowest BCUT2D eigenvalue weighted by Gasteiger charge is -2.19. The summed E-state index contributed by atoms with van der Waals surface area (Å²) in [5.74, 6) is 1.14. The van der Waals surface area contributed by atoms with Crippen molar-refractivity contribution in [3.05, 3.63) is 29.2 Å². The van der Waals surface area contributed by atoms with Crippen molar-refractivity contribution in [2.75, 3.05) is 5.75 Å². The van der Waals surface area contributed by atoms with Crippen LogP contribution in [-0.4, -0.2) is 32.5 Å². The van der Waals surface area contributed by atoms with E-state index in [1.807, 2.05) is 9.88 Å². The third-order valence-electron chi connectivity index (χ3n) is 4.61. The van der Waals surface area contributed by atoms with Crippen LogP contribution >= 0.6 is 23.1 Å². The third kappa shape index (κ3) is 4.59. The quantitative estimate of drug-likeness (QED) is 0.544. The number of amides is 3. The zero-order chi connectivity index (χ0) is 19.4. The maximum Gasteiger partial charge on any atom is 0.318 e. The van der Waals surface area contributed by atoms with Gasteiger partial charge in [0.2, 0.25) is 5.91 Å². The fourth-order valence-electron chi connectivity index (χ4n) is 3.23. The zero-order valence-electron chi connectivity index (χ0n) is 15.2. The number of hydrogen-bond donors (Lipinski definition) is 2. The van der Waals surface area contributed by atoms with Gasteiger partial charge in [-0.1, -0.05) is 31.2 Å². The summed E-state index contributed by atoms with van der Waals surface area (Å²) in [6.45, 7) is 6.60. The molecule has 0 saturated carbocycles. The van der Waals surface area contributed by atoms with Gasteiger partial charge in [-0.05, 0) is 36.8 Å². The van der Waals surface area contributed by atoms with E-state index in [2.05, 4.69) is 29.8 Å². The second kappa shape index (κ2) is 8.71. The molecule has 2 aromatic rings. The fraction of sp³-hybridized carbons (Fsp3) is 0.444. The number of nitrogens with one attached hydrogen (secondary N) is 1. The molecular formula is C18H23N5O2S2. The predicted octanol–water partition coefficient (Wildman–Crippen LogP) is 2.99. The molecule has 0 unspecified atom stereocenters. The van der Waals surface area contributed by atoms with Gasteiger partial charge in [-0.3, -0.25) is 14.7 Å². The highest BCUT2D eigenvalue weighted by atomic mass is 32.2. The minimum atomic E-state index is -0.858. The van der Waals surface area contributed by atoms with Crippen molar-refractivity contribution in [3.8, 4) is 10.7 Å². The number of thioether (sulfide) groups is 1. The largest absolute Gasteiger partial charge is 0.351 e. The number of allylic oxidation sites excluding steroid dienone is 1. The van der Waals surface area contributed by atoms with Crippen molar-refractivity contribution in [2.24, 2.45) is 11.7 Å². The molecule has 9 heteroatoms. The number of aromatic nitrogens is 3. The smallest absolute Gasteiger partial charge is 0.318 e. The van der Waals surface area contributed by atoms with Gasteiger partial charge in [0.15, 0.2) is 11.0 Å². The van der Waals surface area contributed by atoms with Gasteiger partial charge in [0.1, 0.15) is 0 Å². The van der Waals surface area contributed by atoms with E-state index >= 15 is 0 Å². The molecule has 0 spiro atoms. The molecule has 0 radical (unpaired) electrons. The van der Waals surface area contributed by atoms with E-state index in [0.717, 1.165) is 29.5 Å². The lowest BCUT2D eigenvalue weighted by molar-refractivity contribution is -0.117. The highest BCUT2D eigenvalue weighted by Crippen LogP contribution is 2.38. The van der Waals surface area contributed by atoms with E-state index in [1.54, 1.807) is 17.4 Å². The van der Waals surface area contributed by atoms with Crippen LogP contribution in [0.5, 0.6) is 0 Å². The first-order chi connectivity index (χ1) is 13.0. The van der Waals surface area contributed by atoms with Crippen LogP contribution in [0.1, 0.15) is 30.2 Å². The van der Waals surface area contributed by atoms with E-state index in [1.165, 1.54) is 35.0 Å². The maximum atomic E-state index is 11.7. The number of fused-ring (bicyclic) bond motifs is 1. The van der Waals surface area contributed by atoms with Gasteiger partial charge in [-0.25, -0.2) is 4.79 Å². The normalized spacial score (nSPS) is 16.0. The predicted molar refractivity (Wildman–Crippen MR) is 108 cm³/mol. The van der Waals surface area contributed by atoms with Crippen LogP contribution in [0.25, 0.3) is 10.7 Å². The Morgan fingerprint density at radius 3 is 3.04 bits per heavy atom. The molecule has 27 heavy (non-hydrogen) atoms. The van der Waals surface area contributed by atoms with Gasteiger partial charge < -0.3 is 5.73 Å². The Kier molecular flexibility index (Phi) is 6.33. The maximum absolute atomic E-state index is 11.7. The molecule has 1 aliphatic carbocycles. The lowest BCUT2D eigenvalue weighted by atomic mass is 9.87. The second-order valence-electron chi connectivity index (χ2n) is 6.48. The minimum absolute atomic E-state index is 0.0390. The summed E-state index contributed by atoms with van der Waals surface area (Å²) in [7, 11) is 0. The average Bonchev–Trinajstić information content (AvgIpc) is 3.22. The van der Waals surface area contributed by atoms with Crippen molar-refractivity contribution in [2.45, 2.75) is 44.3 Å². The number of hydrogen-bond acceptors (Lipinski definition) is 6. The van der Waals surface area contributed by atoms with E-state index in [9.17, 15) is 9.59 Å². The Morgan fingerprint density at radius 2 is 2.33 bits per heavy atom. The first-order valence-corrected chi connectivity index (χ1v) is 10.7. The molecule has 3 N–H and O–H groups in total. The molecule has 1 atom stereocenters. The van der Waals surface area contributed by atoms with Crippen molar-refractivity contribution in [1.29, 1.82) is 0 Å².